The molecule has 1 heterocycles. The Morgan fingerprint density at radius 1 is 1.03 bits per heavy atom. The van der Waals surface area contributed by atoms with Crippen molar-refractivity contribution in [3.8, 4) is 5.75 Å². The number of nitrogens with one attached hydrogen (secondary N) is 1. The van der Waals surface area contributed by atoms with Gasteiger partial charge in [-0.05, 0) is 43.5 Å². The molecule has 0 saturated heterocycles. The predicted molar refractivity (Wildman–Crippen MR) is 121 cm³/mol. The van der Waals surface area contributed by atoms with Crippen LogP contribution in [0, 0.1) is 5.92 Å². The molecule has 0 unspecified atom stereocenters. The molecular formula is C23H28N4O2S. The van der Waals surface area contributed by atoms with E-state index in [0.29, 0.717) is 12.5 Å². The Hall–Kier alpha value is -2.80. The second kappa shape index (κ2) is 10.8. The fourth-order valence-electron chi connectivity index (χ4n) is 2.77. The molecule has 0 aliphatic heterocycles. The highest BCUT2D eigenvalue weighted by molar-refractivity contribution is 8.00. The smallest absolute Gasteiger partial charge is 0.237 e. The van der Waals surface area contributed by atoms with Crippen molar-refractivity contribution < 1.29 is 9.53 Å². The third kappa shape index (κ3) is 6.35. The molecule has 0 spiro atoms. The molecule has 30 heavy (non-hydrogen) atoms. The minimum atomic E-state index is -0.310. The first-order chi connectivity index (χ1) is 14.5. The molecule has 1 atom stereocenters. The molecule has 1 aromatic heterocycles. The summed E-state index contributed by atoms with van der Waals surface area (Å²) in [5.41, 5.74) is 0.785. The van der Waals surface area contributed by atoms with Gasteiger partial charge in [-0.1, -0.05) is 62.0 Å². The fraction of sp³-hybridized carbons (Fsp3) is 0.348. The van der Waals surface area contributed by atoms with Gasteiger partial charge in [0.25, 0.3) is 0 Å². The lowest BCUT2D eigenvalue weighted by molar-refractivity contribution is -0.115. The lowest BCUT2D eigenvalue weighted by atomic mass is 10.1. The molecule has 0 saturated carbocycles. The van der Waals surface area contributed by atoms with Crippen LogP contribution < -0.4 is 10.1 Å². The summed E-state index contributed by atoms with van der Waals surface area (Å²) in [7, 11) is 0. The number of carbonyl (C=O) groups is 1. The maximum atomic E-state index is 12.6. The normalized spacial score (nSPS) is 12.0. The highest BCUT2D eigenvalue weighted by Gasteiger charge is 2.21. The average Bonchev–Trinajstić information content (AvgIpc) is 3.13. The van der Waals surface area contributed by atoms with Gasteiger partial charge in [-0.25, -0.2) is 0 Å². The second-order valence-electron chi connectivity index (χ2n) is 7.45. The van der Waals surface area contributed by atoms with Crippen molar-refractivity contribution in [3.05, 3.63) is 66.5 Å². The lowest BCUT2D eigenvalue weighted by Gasteiger charge is -2.15. The maximum Gasteiger partial charge on any atom is 0.237 e. The van der Waals surface area contributed by atoms with Crippen LogP contribution in [0.1, 0.15) is 33.0 Å². The van der Waals surface area contributed by atoms with Crippen LogP contribution in [0.4, 0.5) is 5.69 Å². The van der Waals surface area contributed by atoms with Crippen LogP contribution in [-0.2, 0) is 17.9 Å². The van der Waals surface area contributed by atoms with Crippen molar-refractivity contribution in [2.75, 3.05) is 5.32 Å². The van der Waals surface area contributed by atoms with E-state index in [0.717, 1.165) is 35.4 Å². The molecule has 0 aliphatic rings. The van der Waals surface area contributed by atoms with E-state index < -0.39 is 0 Å². The number of benzene rings is 2. The van der Waals surface area contributed by atoms with Crippen molar-refractivity contribution in [1.29, 1.82) is 0 Å². The molecule has 7 heteroatoms. The van der Waals surface area contributed by atoms with E-state index in [-0.39, 0.29) is 11.2 Å². The van der Waals surface area contributed by atoms with Gasteiger partial charge in [0.2, 0.25) is 5.91 Å². The van der Waals surface area contributed by atoms with Gasteiger partial charge in [-0.15, -0.1) is 10.2 Å². The van der Waals surface area contributed by atoms with E-state index in [9.17, 15) is 4.79 Å². The number of carbonyl (C=O) groups excluding carboxylic acids is 1. The van der Waals surface area contributed by atoms with Gasteiger partial charge >= 0.3 is 0 Å². The Kier molecular flexibility index (Phi) is 7.90. The van der Waals surface area contributed by atoms with Gasteiger partial charge in [-0.2, -0.15) is 0 Å². The summed E-state index contributed by atoms with van der Waals surface area (Å²) in [5, 5.41) is 12.1. The first-order valence-electron chi connectivity index (χ1n) is 10.2. The third-order valence-corrected chi connectivity index (χ3v) is 5.61. The predicted octanol–water partition coefficient (Wildman–Crippen LogP) is 5.02. The first-order valence-corrected chi connectivity index (χ1v) is 11.0. The molecule has 3 aromatic rings. The van der Waals surface area contributed by atoms with E-state index in [4.69, 9.17) is 4.74 Å². The molecular weight excluding hydrogens is 396 g/mol. The van der Waals surface area contributed by atoms with Gasteiger partial charge in [0.1, 0.15) is 12.4 Å². The van der Waals surface area contributed by atoms with Crippen LogP contribution >= 0.6 is 11.8 Å². The highest BCUT2D eigenvalue weighted by Crippen LogP contribution is 2.25. The number of anilines is 1. The summed E-state index contributed by atoms with van der Waals surface area (Å²) >= 11 is 1.41. The molecule has 0 bridgehead atoms. The molecule has 0 fully saturated rings. The molecule has 1 N–H and O–H groups in total. The summed E-state index contributed by atoms with van der Waals surface area (Å²) < 4.78 is 7.94. The van der Waals surface area contributed by atoms with Crippen molar-refractivity contribution >= 4 is 23.4 Å². The topological polar surface area (TPSA) is 69.0 Å². The van der Waals surface area contributed by atoms with E-state index in [1.165, 1.54) is 11.8 Å². The van der Waals surface area contributed by atoms with Crippen molar-refractivity contribution in [3.63, 3.8) is 0 Å². The van der Waals surface area contributed by atoms with Crippen molar-refractivity contribution in [2.45, 2.75) is 50.8 Å². The number of amides is 1. The van der Waals surface area contributed by atoms with Crippen LogP contribution in [0.15, 0.2) is 65.8 Å². The first kappa shape index (κ1) is 21.9. The quantitative estimate of drug-likeness (QED) is 0.463. The Labute approximate surface area is 182 Å². The molecule has 158 valence electrons. The largest absolute Gasteiger partial charge is 0.486 e. The Morgan fingerprint density at radius 2 is 1.70 bits per heavy atom. The minimum Gasteiger partial charge on any atom is -0.486 e. The number of rotatable bonds is 10. The summed E-state index contributed by atoms with van der Waals surface area (Å²) in [6.45, 7) is 7.37. The fourth-order valence-corrected chi connectivity index (χ4v) is 3.66. The molecule has 0 radical (unpaired) electrons. The zero-order valence-electron chi connectivity index (χ0n) is 17.6. The zero-order chi connectivity index (χ0) is 21.3. The van der Waals surface area contributed by atoms with Gasteiger partial charge < -0.3 is 14.6 Å². The molecule has 2 aromatic carbocycles. The number of hydrogen-bond acceptors (Lipinski definition) is 5. The SMILES string of the molecule is CC(C)CCn1c(COc2ccccc2)nnc1S[C@@H](C)C(=O)Nc1ccccc1. The van der Waals surface area contributed by atoms with Crippen molar-refractivity contribution in [1.82, 2.24) is 14.8 Å². The minimum absolute atomic E-state index is 0.0632. The van der Waals surface area contributed by atoms with Crippen LogP contribution in [-0.4, -0.2) is 25.9 Å². The number of aromatic nitrogens is 3. The average molecular weight is 425 g/mol. The number of nitrogens with zero attached hydrogens (tertiary/aromatic N) is 3. The van der Waals surface area contributed by atoms with Crippen LogP contribution in [0.5, 0.6) is 5.75 Å². The van der Waals surface area contributed by atoms with E-state index in [1.807, 2.05) is 67.6 Å². The number of ether oxygens (including phenoxy) is 1. The van der Waals surface area contributed by atoms with E-state index in [1.54, 1.807) is 0 Å². The monoisotopic (exact) mass is 424 g/mol. The third-order valence-electron chi connectivity index (χ3n) is 4.53. The van der Waals surface area contributed by atoms with Gasteiger partial charge in [0.05, 0.1) is 5.25 Å². The van der Waals surface area contributed by atoms with Gasteiger partial charge in [-0.3, -0.25) is 4.79 Å². The second-order valence-corrected chi connectivity index (χ2v) is 8.76. The van der Waals surface area contributed by atoms with Crippen LogP contribution in [0.25, 0.3) is 0 Å². The summed E-state index contributed by atoms with van der Waals surface area (Å²) in [6, 6.07) is 19.1. The van der Waals surface area contributed by atoms with Crippen LogP contribution in [0.2, 0.25) is 0 Å². The Bertz CT molecular complexity index is 929. The maximum absolute atomic E-state index is 12.6. The van der Waals surface area contributed by atoms with E-state index in [2.05, 4.69) is 33.9 Å². The number of thioether (sulfide) groups is 1. The standard InChI is InChI=1S/C23H28N4O2S/c1-17(2)14-15-27-21(16-29-20-12-8-5-9-13-20)25-26-23(27)30-18(3)22(28)24-19-10-6-4-7-11-19/h4-13,17-18H,14-16H2,1-3H3,(H,24,28)/t18-/m0/s1. The molecule has 0 aliphatic carbocycles. The summed E-state index contributed by atoms with van der Waals surface area (Å²) in [4.78, 5) is 12.6. The Balaban J connectivity index is 1.69. The number of para-hydroxylation sites is 2. The molecule has 3 rings (SSSR count). The van der Waals surface area contributed by atoms with Gasteiger partial charge in [0.15, 0.2) is 11.0 Å². The van der Waals surface area contributed by atoms with E-state index >= 15 is 0 Å². The lowest BCUT2D eigenvalue weighted by Crippen LogP contribution is -2.23. The summed E-state index contributed by atoms with van der Waals surface area (Å²) in [6.07, 6.45) is 0.995. The van der Waals surface area contributed by atoms with Gasteiger partial charge in [0, 0.05) is 12.2 Å². The number of hydrogen-bond donors (Lipinski definition) is 1. The zero-order valence-corrected chi connectivity index (χ0v) is 18.4. The van der Waals surface area contributed by atoms with Crippen LogP contribution in [0.3, 0.4) is 0 Å². The Morgan fingerprint density at radius 3 is 2.37 bits per heavy atom. The highest BCUT2D eigenvalue weighted by atomic mass is 32.2. The molecule has 6 nitrogen and oxygen atoms in total. The summed E-state index contributed by atoms with van der Waals surface area (Å²) in [5.74, 6) is 2.04. The van der Waals surface area contributed by atoms with Crippen molar-refractivity contribution in [2.24, 2.45) is 5.92 Å². The molecule has 1 amide bonds.